The van der Waals surface area contributed by atoms with Gasteiger partial charge in [-0.1, -0.05) is 11.3 Å². The molecule has 6 heteroatoms. The Bertz CT molecular complexity index is 609. The maximum Gasteiger partial charge on any atom is 0.157 e. The number of nitrogens with zero attached hydrogens (tertiary/aromatic N) is 2. The Hall–Kier alpha value is -0.820. The van der Waals surface area contributed by atoms with Crippen molar-refractivity contribution in [2.24, 2.45) is 0 Å². The van der Waals surface area contributed by atoms with Gasteiger partial charge in [0, 0.05) is 15.8 Å². The number of rotatable bonds is 5. The van der Waals surface area contributed by atoms with Gasteiger partial charge in [0.25, 0.3) is 0 Å². The van der Waals surface area contributed by atoms with E-state index >= 15 is 0 Å². The zero-order chi connectivity index (χ0) is 12.4. The summed E-state index contributed by atoms with van der Waals surface area (Å²) in [6.07, 6.45) is 2.13. The summed E-state index contributed by atoms with van der Waals surface area (Å²) in [7, 11) is 1.98. The van der Waals surface area contributed by atoms with Crippen LogP contribution in [0.15, 0.2) is 17.5 Å². The van der Waals surface area contributed by atoms with E-state index in [-0.39, 0.29) is 0 Å². The predicted octanol–water partition coefficient (Wildman–Crippen LogP) is 3.63. The molecule has 0 bridgehead atoms. The zero-order valence-electron chi connectivity index (χ0n) is 9.97. The van der Waals surface area contributed by atoms with Crippen molar-refractivity contribution >= 4 is 43.4 Å². The lowest BCUT2D eigenvalue weighted by molar-refractivity contribution is 0.718. The fourth-order valence-corrected chi connectivity index (χ4v) is 4.77. The number of aryl methyl sites for hydroxylation is 1. The molecule has 0 radical (unpaired) electrons. The first-order valence-electron chi connectivity index (χ1n) is 5.81. The summed E-state index contributed by atoms with van der Waals surface area (Å²) in [4.78, 5) is 1.24. The van der Waals surface area contributed by atoms with Gasteiger partial charge in [0.2, 0.25) is 0 Å². The van der Waals surface area contributed by atoms with Crippen molar-refractivity contribution in [3.63, 3.8) is 0 Å². The smallest absolute Gasteiger partial charge is 0.157 e. The first-order valence-corrected chi connectivity index (χ1v) is 8.32. The lowest BCUT2D eigenvalue weighted by Gasteiger charge is -1.94. The highest BCUT2D eigenvalue weighted by molar-refractivity contribution is 7.30. The third-order valence-corrected chi connectivity index (χ3v) is 5.88. The van der Waals surface area contributed by atoms with Crippen molar-refractivity contribution in [3.8, 4) is 9.88 Å². The van der Waals surface area contributed by atoms with Crippen LogP contribution < -0.4 is 5.32 Å². The molecule has 0 spiro atoms. The Balaban J connectivity index is 1.78. The van der Waals surface area contributed by atoms with E-state index in [2.05, 4.69) is 33.0 Å². The highest BCUT2D eigenvalue weighted by Gasteiger charge is 2.10. The molecule has 3 rings (SSSR count). The van der Waals surface area contributed by atoms with Crippen LogP contribution in [0.3, 0.4) is 0 Å². The normalized spacial score (nSPS) is 11.4. The maximum atomic E-state index is 4.30. The van der Waals surface area contributed by atoms with E-state index in [4.69, 9.17) is 0 Å². The molecule has 3 aromatic rings. The van der Waals surface area contributed by atoms with Gasteiger partial charge in [0.05, 0.1) is 4.88 Å². The molecule has 3 heterocycles. The fraction of sp³-hybridized carbons (Fsp3) is 0.333. The Morgan fingerprint density at radius 1 is 1.22 bits per heavy atom. The molecular weight excluding hydrogens is 282 g/mol. The number of hydrogen-bond acceptors (Lipinski definition) is 6. The monoisotopic (exact) mass is 295 g/mol. The highest BCUT2D eigenvalue weighted by atomic mass is 32.1. The van der Waals surface area contributed by atoms with Crippen LogP contribution in [-0.4, -0.2) is 23.8 Å². The predicted molar refractivity (Wildman–Crippen MR) is 80.9 cm³/mol. The SMILES string of the molecule is CNCCCc1nnc(-c2cc3sccc3s2)s1. The molecule has 0 aliphatic rings. The average molecular weight is 295 g/mol. The van der Waals surface area contributed by atoms with Crippen molar-refractivity contribution in [1.82, 2.24) is 15.5 Å². The van der Waals surface area contributed by atoms with E-state index in [9.17, 15) is 0 Å². The molecule has 0 fully saturated rings. The van der Waals surface area contributed by atoms with Crippen molar-refractivity contribution in [2.45, 2.75) is 12.8 Å². The molecule has 0 aliphatic carbocycles. The first kappa shape index (κ1) is 12.2. The van der Waals surface area contributed by atoms with E-state index < -0.39 is 0 Å². The van der Waals surface area contributed by atoms with E-state index in [1.54, 1.807) is 34.0 Å². The van der Waals surface area contributed by atoms with Crippen molar-refractivity contribution in [2.75, 3.05) is 13.6 Å². The van der Waals surface area contributed by atoms with Crippen molar-refractivity contribution < 1.29 is 0 Å². The summed E-state index contributed by atoms with van der Waals surface area (Å²) < 4.78 is 2.70. The molecule has 0 atom stereocenters. The van der Waals surface area contributed by atoms with Gasteiger partial charge in [-0.25, -0.2) is 0 Å². The second kappa shape index (κ2) is 5.44. The minimum Gasteiger partial charge on any atom is -0.320 e. The second-order valence-corrected chi connectivity index (χ2v) is 7.06. The molecule has 3 nitrogen and oxygen atoms in total. The molecule has 0 amide bonds. The second-order valence-electron chi connectivity index (χ2n) is 3.97. The molecule has 0 aromatic carbocycles. The van der Waals surface area contributed by atoms with Crippen LogP contribution in [0.5, 0.6) is 0 Å². The minimum atomic E-state index is 1.01. The van der Waals surface area contributed by atoms with Crippen molar-refractivity contribution in [1.29, 1.82) is 0 Å². The number of hydrogen-bond donors (Lipinski definition) is 1. The van der Waals surface area contributed by atoms with Gasteiger partial charge in [0.15, 0.2) is 5.01 Å². The van der Waals surface area contributed by atoms with Gasteiger partial charge >= 0.3 is 0 Å². The summed E-state index contributed by atoms with van der Waals surface area (Å²) >= 11 is 5.31. The third-order valence-electron chi connectivity index (χ3n) is 2.63. The van der Waals surface area contributed by atoms with E-state index in [1.165, 1.54) is 14.3 Å². The lowest BCUT2D eigenvalue weighted by Crippen LogP contribution is -2.08. The number of aromatic nitrogens is 2. The summed E-state index contributed by atoms with van der Waals surface area (Å²) in [6, 6.07) is 4.39. The van der Waals surface area contributed by atoms with Crippen LogP contribution in [0.4, 0.5) is 0 Å². The fourth-order valence-electron chi connectivity index (χ4n) is 1.74. The summed E-state index contributed by atoms with van der Waals surface area (Å²) in [5.41, 5.74) is 0. The van der Waals surface area contributed by atoms with E-state index in [0.29, 0.717) is 0 Å². The topological polar surface area (TPSA) is 37.8 Å². The Morgan fingerprint density at radius 3 is 3.00 bits per heavy atom. The highest BCUT2D eigenvalue weighted by Crippen LogP contribution is 2.37. The van der Waals surface area contributed by atoms with Gasteiger partial charge in [-0.2, -0.15) is 0 Å². The molecule has 0 saturated carbocycles. The van der Waals surface area contributed by atoms with Gasteiger partial charge in [-0.05, 0) is 37.5 Å². The van der Waals surface area contributed by atoms with Gasteiger partial charge in [-0.15, -0.1) is 32.9 Å². The van der Waals surface area contributed by atoms with Gasteiger partial charge in [-0.3, -0.25) is 0 Å². The number of nitrogens with one attached hydrogen (secondary N) is 1. The molecule has 0 unspecified atom stereocenters. The van der Waals surface area contributed by atoms with Crippen molar-refractivity contribution in [3.05, 3.63) is 22.5 Å². The molecule has 3 aromatic heterocycles. The lowest BCUT2D eigenvalue weighted by atomic mass is 10.3. The van der Waals surface area contributed by atoms with Gasteiger partial charge in [0.1, 0.15) is 5.01 Å². The number of fused-ring (bicyclic) bond motifs is 1. The molecular formula is C12H13N3S3. The Kier molecular flexibility index (Phi) is 3.69. The minimum absolute atomic E-state index is 1.01. The first-order chi connectivity index (χ1) is 8.86. The quantitative estimate of drug-likeness (QED) is 0.730. The molecule has 94 valence electrons. The maximum absolute atomic E-state index is 4.30. The molecule has 0 aliphatic heterocycles. The van der Waals surface area contributed by atoms with Crippen LogP contribution in [0.2, 0.25) is 0 Å². The molecule has 0 saturated heterocycles. The molecule has 18 heavy (non-hydrogen) atoms. The van der Waals surface area contributed by atoms with Gasteiger partial charge < -0.3 is 5.32 Å². The Labute approximate surface area is 118 Å². The molecule has 1 N–H and O–H groups in total. The van der Waals surface area contributed by atoms with Crippen LogP contribution in [0.25, 0.3) is 19.3 Å². The van der Waals surface area contributed by atoms with Crippen LogP contribution in [0.1, 0.15) is 11.4 Å². The van der Waals surface area contributed by atoms with Crippen LogP contribution in [-0.2, 0) is 6.42 Å². The largest absolute Gasteiger partial charge is 0.320 e. The standard InChI is InChI=1S/C12H13N3S3/c1-13-5-2-3-11-14-15-12(18-11)10-7-9-8(17-10)4-6-16-9/h4,6-7,13H,2-3,5H2,1H3. The van der Waals surface area contributed by atoms with Crippen LogP contribution >= 0.6 is 34.0 Å². The number of thiophene rings is 2. The third kappa shape index (κ3) is 2.47. The summed E-state index contributed by atoms with van der Waals surface area (Å²) in [5.74, 6) is 0. The summed E-state index contributed by atoms with van der Waals surface area (Å²) in [5, 5.41) is 16.1. The van der Waals surface area contributed by atoms with Crippen LogP contribution in [0, 0.1) is 0 Å². The van der Waals surface area contributed by atoms with E-state index in [0.717, 1.165) is 29.4 Å². The average Bonchev–Trinajstić information content (AvgIpc) is 3.02. The van der Waals surface area contributed by atoms with E-state index in [1.807, 2.05) is 7.05 Å². The Morgan fingerprint density at radius 2 is 2.17 bits per heavy atom. The summed E-state index contributed by atoms with van der Waals surface area (Å²) in [6.45, 7) is 1.03. The zero-order valence-corrected chi connectivity index (χ0v) is 12.4.